The number of hydrogen-bond donors (Lipinski definition) is 0. The summed E-state index contributed by atoms with van der Waals surface area (Å²) in [5.74, 6) is -0.329. The highest BCUT2D eigenvalue weighted by Gasteiger charge is 2.37. The molecule has 0 amide bonds. The van der Waals surface area contributed by atoms with Crippen molar-refractivity contribution < 1.29 is 9.18 Å². The minimum atomic E-state index is -1.54. The Labute approximate surface area is 80.0 Å². The molecule has 0 aromatic rings. The quantitative estimate of drug-likeness (QED) is 0.573. The van der Waals surface area contributed by atoms with Crippen LogP contribution in [-0.2, 0) is 4.79 Å². The number of carbonyl (C=O) groups is 1. The minimum Gasteiger partial charge on any atom is -0.296 e. The number of hydrogen-bond acceptors (Lipinski definition) is 1. The van der Waals surface area contributed by atoms with E-state index in [-0.39, 0.29) is 5.78 Å². The zero-order valence-electron chi connectivity index (χ0n) is 8.82. The van der Waals surface area contributed by atoms with Gasteiger partial charge < -0.3 is 0 Å². The van der Waals surface area contributed by atoms with Gasteiger partial charge in [0.25, 0.3) is 0 Å². The third-order valence-electron chi connectivity index (χ3n) is 2.38. The van der Waals surface area contributed by atoms with Crippen LogP contribution >= 0.6 is 0 Å². The van der Waals surface area contributed by atoms with E-state index < -0.39 is 5.67 Å². The SMILES string of the molecule is C=C1CCC(F)(C(C)=O)CC1.CC. The van der Waals surface area contributed by atoms with E-state index in [1.807, 2.05) is 13.8 Å². The second-order valence-corrected chi connectivity index (χ2v) is 3.27. The first kappa shape index (κ1) is 12.3. The molecule has 0 unspecified atom stereocenters. The van der Waals surface area contributed by atoms with Gasteiger partial charge in [-0.25, -0.2) is 4.39 Å². The molecule has 1 aliphatic carbocycles. The Bertz CT molecular complexity index is 186. The van der Waals surface area contributed by atoms with E-state index in [0.717, 1.165) is 5.57 Å². The van der Waals surface area contributed by atoms with Crippen molar-refractivity contribution in [2.75, 3.05) is 0 Å². The third-order valence-corrected chi connectivity index (χ3v) is 2.38. The summed E-state index contributed by atoms with van der Waals surface area (Å²) in [7, 11) is 0. The van der Waals surface area contributed by atoms with Crippen molar-refractivity contribution in [3.8, 4) is 0 Å². The van der Waals surface area contributed by atoms with E-state index >= 15 is 0 Å². The van der Waals surface area contributed by atoms with Crippen LogP contribution in [0.2, 0.25) is 0 Å². The van der Waals surface area contributed by atoms with Crippen LogP contribution in [-0.4, -0.2) is 11.5 Å². The van der Waals surface area contributed by atoms with Gasteiger partial charge in [0.15, 0.2) is 11.5 Å². The molecule has 0 radical (unpaired) electrons. The first-order valence-electron chi connectivity index (χ1n) is 4.91. The predicted octanol–water partition coefficient (Wildman–Crippen LogP) is 3.44. The Balaban J connectivity index is 0.000000671. The van der Waals surface area contributed by atoms with Crippen LogP contribution in [0, 0.1) is 0 Å². The first-order chi connectivity index (χ1) is 6.04. The van der Waals surface area contributed by atoms with E-state index in [4.69, 9.17) is 0 Å². The molecule has 0 aromatic heterocycles. The Morgan fingerprint density at radius 2 is 1.77 bits per heavy atom. The van der Waals surface area contributed by atoms with Gasteiger partial charge in [0, 0.05) is 0 Å². The highest BCUT2D eigenvalue weighted by atomic mass is 19.1. The number of Topliss-reactive ketones (excluding diaryl/α,β-unsaturated/α-hetero) is 1. The molecule has 0 spiro atoms. The molecule has 1 saturated carbocycles. The van der Waals surface area contributed by atoms with Crippen molar-refractivity contribution in [2.45, 2.75) is 52.1 Å². The smallest absolute Gasteiger partial charge is 0.169 e. The average molecular weight is 186 g/mol. The minimum absolute atomic E-state index is 0.329. The van der Waals surface area contributed by atoms with Gasteiger partial charge in [0.1, 0.15) is 0 Å². The lowest BCUT2D eigenvalue weighted by Crippen LogP contribution is -2.34. The van der Waals surface area contributed by atoms with Gasteiger partial charge in [-0.3, -0.25) is 4.79 Å². The Morgan fingerprint density at radius 3 is 2.08 bits per heavy atom. The summed E-state index contributed by atoms with van der Waals surface area (Å²) in [6.07, 6.45) is 1.99. The van der Waals surface area contributed by atoms with E-state index in [0.29, 0.717) is 25.7 Å². The zero-order valence-corrected chi connectivity index (χ0v) is 8.82. The lowest BCUT2D eigenvalue weighted by atomic mass is 9.82. The Morgan fingerprint density at radius 1 is 1.38 bits per heavy atom. The van der Waals surface area contributed by atoms with Gasteiger partial charge in [0.2, 0.25) is 0 Å². The largest absolute Gasteiger partial charge is 0.296 e. The fourth-order valence-electron chi connectivity index (χ4n) is 1.35. The molecular formula is C11H19FO. The number of allylic oxidation sites excluding steroid dienone is 1. The fraction of sp³-hybridized carbons (Fsp3) is 0.727. The molecular weight excluding hydrogens is 167 g/mol. The predicted molar refractivity (Wildman–Crippen MR) is 53.5 cm³/mol. The highest BCUT2D eigenvalue weighted by molar-refractivity contribution is 5.85. The summed E-state index contributed by atoms with van der Waals surface area (Å²) >= 11 is 0. The first-order valence-corrected chi connectivity index (χ1v) is 4.91. The second kappa shape index (κ2) is 5.15. The Hall–Kier alpha value is -0.660. The van der Waals surface area contributed by atoms with E-state index in [1.165, 1.54) is 6.92 Å². The van der Waals surface area contributed by atoms with Crippen molar-refractivity contribution in [1.82, 2.24) is 0 Å². The molecule has 1 aliphatic rings. The molecule has 0 aliphatic heterocycles. The van der Waals surface area contributed by atoms with Crippen molar-refractivity contribution in [3.05, 3.63) is 12.2 Å². The summed E-state index contributed by atoms with van der Waals surface area (Å²) in [6, 6.07) is 0. The van der Waals surface area contributed by atoms with Crippen molar-refractivity contribution in [2.24, 2.45) is 0 Å². The number of halogens is 1. The lowest BCUT2D eigenvalue weighted by molar-refractivity contribution is -0.129. The van der Waals surface area contributed by atoms with Crippen LogP contribution in [0.25, 0.3) is 0 Å². The molecule has 1 fully saturated rings. The summed E-state index contributed by atoms with van der Waals surface area (Å²) in [6.45, 7) is 9.09. The second-order valence-electron chi connectivity index (χ2n) is 3.27. The van der Waals surface area contributed by atoms with E-state index in [2.05, 4.69) is 6.58 Å². The molecule has 2 heteroatoms. The summed E-state index contributed by atoms with van der Waals surface area (Å²) in [4.78, 5) is 10.8. The molecule has 13 heavy (non-hydrogen) atoms. The van der Waals surface area contributed by atoms with E-state index in [1.54, 1.807) is 0 Å². The molecule has 1 rings (SSSR count). The van der Waals surface area contributed by atoms with Crippen molar-refractivity contribution in [1.29, 1.82) is 0 Å². The number of ketones is 1. The number of carbonyl (C=O) groups excluding carboxylic acids is 1. The van der Waals surface area contributed by atoms with Gasteiger partial charge in [-0.2, -0.15) is 0 Å². The van der Waals surface area contributed by atoms with Crippen LogP contribution < -0.4 is 0 Å². The summed E-state index contributed by atoms with van der Waals surface area (Å²) in [5.41, 5.74) is -0.471. The van der Waals surface area contributed by atoms with Crippen LogP contribution in [0.3, 0.4) is 0 Å². The van der Waals surface area contributed by atoms with Gasteiger partial charge in [-0.05, 0) is 32.6 Å². The zero-order chi connectivity index (χ0) is 10.5. The van der Waals surface area contributed by atoms with Gasteiger partial charge in [-0.15, -0.1) is 0 Å². The van der Waals surface area contributed by atoms with Gasteiger partial charge >= 0.3 is 0 Å². The van der Waals surface area contributed by atoms with E-state index in [9.17, 15) is 9.18 Å². The number of alkyl halides is 1. The molecule has 1 nitrogen and oxygen atoms in total. The molecule has 0 saturated heterocycles. The number of rotatable bonds is 1. The Kier molecular flexibility index (Phi) is 4.89. The fourth-order valence-corrected chi connectivity index (χ4v) is 1.35. The van der Waals surface area contributed by atoms with Crippen LogP contribution in [0.5, 0.6) is 0 Å². The molecule has 76 valence electrons. The molecule has 0 heterocycles. The molecule has 0 atom stereocenters. The lowest BCUT2D eigenvalue weighted by Gasteiger charge is -2.27. The summed E-state index contributed by atoms with van der Waals surface area (Å²) < 4.78 is 13.5. The van der Waals surface area contributed by atoms with Crippen LogP contribution in [0.4, 0.5) is 4.39 Å². The highest BCUT2D eigenvalue weighted by Crippen LogP contribution is 2.34. The topological polar surface area (TPSA) is 17.1 Å². The maximum Gasteiger partial charge on any atom is 0.169 e. The maximum absolute atomic E-state index is 13.5. The van der Waals surface area contributed by atoms with Crippen molar-refractivity contribution in [3.63, 3.8) is 0 Å². The van der Waals surface area contributed by atoms with Crippen LogP contribution in [0.1, 0.15) is 46.5 Å². The van der Waals surface area contributed by atoms with Gasteiger partial charge in [0.05, 0.1) is 0 Å². The summed E-state index contributed by atoms with van der Waals surface area (Å²) in [5, 5.41) is 0. The molecule has 0 aromatic carbocycles. The average Bonchev–Trinajstić information content (AvgIpc) is 2.14. The monoisotopic (exact) mass is 186 g/mol. The normalized spacial score (nSPS) is 20.2. The van der Waals surface area contributed by atoms with Crippen LogP contribution in [0.15, 0.2) is 12.2 Å². The molecule has 0 N–H and O–H groups in total. The van der Waals surface area contributed by atoms with Gasteiger partial charge in [-0.1, -0.05) is 26.0 Å². The molecule has 0 bridgehead atoms. The third kappa shape index (κ3) is 3.29. The standard InChI is InChI=1S/C9H13FO.C2H6/c1-7-3-5-9(10,6-4-7)8(2)11;1-2/h1,3-6H2,2H3;1-2H3. The van der Waals surface area contributed by atoms with Crippen molar-refractivity contribution >= 4 is 5.78 Å². The maximum atomic E-state index is 13.5.